The van der Waals surface area contributed by atoms with E-state index in [0.717, 1.165) is 16.5 Å². The molecule has 4 rings (SSSR count). The summed E-state index contributed by atoms with van der Waals surface area (Å²) in [7, 11) is 1.80. The van der Waals surface area contributed by atoms with Crippen LogP contribution in [-0.4, -0.2) is 38.9 Å². The molecule has 2 amide bonds. The van der Waals surface area contributed by atoms with Crippen LogP contribution in [0.1, 0.15) is 31.2 Å². The smallest absolute Gasteiger partial charge is 0.258 e. The first-order chi connectivity index (χ1) is 17.4. The summed E-state index contributed by atoms with van der Waals surface area (Å²) in [4.78, 5) is 24.8. The van der Waals surface area contributed by atoms with Crippen molar-refractivity contribution in [1.29, 1.82) is 0 Å². The van der Waals surface area contributed by atoms with E-state index in [1.54, 1.807) is 11.6 Å². The van der Waals surface area contributed by atoms with Gasteiger partial charge in [0.1, 0.15) is 5.75 Å². The predicted octanol–water partition coefficient (Wildman–Crippen LogP) is 4.52. The minimum absolute atomic E-state index is 0.0885. The second-order valence-electron chi connectivity index (χ2n) is 8.61. The van der Waals surface area contributed by atoms with Crippen LogP contribution in [0.25, 0.3) is 10.8 Å². The maximum Gasteiger partial charge on any atom is 0.258 e. The number of fused-ring (bicyclic) bond motifs is 1. The fourth-order valence-corrected chi connectivity index (χ4v) is 4.33. The van der Waals surface area contributed by atoms with Gasteiger partial charge in [0.2, 0.25) is 5.91 Å². The first kappa shape index (κ1) is 25.2. The molecule has 1 heterocycles. The Morgan fingerprint density at radius 1 is 0.972 bits per heavy atom. The molecule has 3 aromatic carbocycles. The Morgan fingerprint density at radius 3 is 2.50 bits per heavy atom. The molecule has 0 aliphatic carbocycles. The molecule has 8 nitrogen and oxygen atoms in total. The number of nitrogens with one attached hydrogen (secondary N) is 2. The van der Waals surface area contributed by atoms with E-state index in [9.17, 15) is 9.59 Å². The number of hydrogen-bond donors (Lipinski definition) is 2. The van der Waals surface area contributed by atoms with Crippen molar-refractivity contribution in [3.63, 3.8) is 0 Å². The molecule has 0 saturated heterocycles. The second-order valence-corrected chi connectivity index (χ2v) is 9.55. The fourth-order valence-electron chi connectivity index (χ4n) is 3.60. The number of nitrogens with zero attached hydrogens (tertiary/aromatic N) is 3. The largest absolute Gasteiger partial charge is 0.484 e. The highest BCUT2D eigenvalue weighted by Crippen LogP contribution is 2.24. The van der Waals surface area contributed by atoms with Gasteiger partial charge in [0.15, 0.2) is 17.6 Å². The van der Waals surface area contributed by atoms with Crippen LogP contribution < -0.4 is 15.4 Å². The lowest BCUT2D eigenvalue weighted by molar-refractivity contribution is -0.123. The number of thioether (sulfide) groups is 1. The Bertz CT molecular complexity index is 1350. The molecule has 4 aromatic rings. The van der Waals surface area contributed by atoms with Crippen LogP contribution in [0.4, 0.5) is 5.69 Å². The van der Waals surface area contributed by atoms with E-state index in [4.69, 9.17) is 4.74 Å². The number of hydrogen-bond acceptors (Lipinski definition) is 6. The lowest BCUT2D eigenvalue weighted by Gasteiger charge is -2.10. The van der Waals surface area contributed by atoms with Crippen molar-refractivity contribution in [2.24, 2.45) is 7.05 Å². The zero-order valence-corrected chi connectivity index (χ0v) is 21.3. The van der Waals surface area contributed by atoms with E-state index >= 15 is 0 Å². The van der Waals surface area contributed by atoms with Crippen LogP contribution in [0.3, 0.4) is 0 Å². The highest BCUT2D eigenvalue weighted by Gasteiger charge is 2.13. The standard InChI is InChI=1S/C27H29N5O3S/c1-18(2)19-11-13-21(14-12-19)35-16-25(33)28-15-24-30-31-27(32(24)3)36-17-26(34)29-23-10-6-8-20-7-4-5-9-22(20)23/h4-14,18H,15-17H2,1-3H3,(H,28,33)(H,29,34). The topological polar surface area (TPSA) is 98.1 Å². The molecule has 0 spiro atoms. The van der Waals surface area contributed by atoms with Gasteiger partial charge in [-0.1, -0.05) is 74.1 Å². The highest BCUT2D eigenvalue weighted by molar-refractivity contribution is 7.99. The van der Waals surface area contributed by atoms with Crippen molar-refractivity contribution < 1.29 is 14.3 Å². The van der Waals surface area contributed by atoms with Gasteiger partial charge in [0, 0.05) is 18.1 Å². The average Bonchev–Trinajstić information content (AvgIpc) is 3.24. The summed E-state index contributed by atoms with van der Waals surface area (Å²) in [5, 5.41) is 16.7. The number of anilines is 1. The lowest BCUT2D eigenvalue weighted by Crippen LogP contribution is -2.29. The van der Waals surface area contributed by atoms with Crippen molar-refractivity contribution in [3.05, 3.63) is 78.1 Å². The number of benzene rings is 3. The molecule has 2 N–H and O–H groups in total. The van der Waals surface area contributed by atoms with E-state index in [-0.39, 0.29) is 30.7 Å². The minimum atomic E-state index is -0.255. The number of carbonyl (C=O) groups is 2. The molecular formula is C27H29N5O3S. The number of rotatable bonds is 10. The fraction of sp³-hybridized carbons (Fsp3) is 0.259. The summed E-state index contributed by atoms with van der Waals surface area (Å²) < 4.78 is 7.33. The molecule has 0 radical (unpaired) electrons. The van der Waals surface area contributed by atoms with Crippen molar-refractivity contribution in [1.82, 2.24) is 20.1 Å². The molecule has 1 aromatic heterocycles. The van der Waals surface area contributed by atoms with Gasteiger partial charge in [0.25, 0.3) is 5.91 Å². The molecule has 0 aliphatic rings. The predicted molar refractivity (Wildman–Crippen MR) is 142 cm³/mol. The van der Waals surface area contributed by atoms with Crippen LogP contribution in [0.15, 0.2) is 71.9 Å². The Hall–Kier alpha value is -3.85. The SMILES string of the molecule is CC(C)c1ccc(OCC(=O)NCc2nnc(SCC(=O)Nc3cccc4ccccc34)n2C)cc1. The third-order valence-corrected chi connectivity index (χ3v) is 6.70. The molecule has 0 atom stereocenters. The first-order valence-electron chi connectivity index (χ1n) is 11.7. The maximum atomic E-state index is 12.5. The molecule has 0 aliphatic heterocycles. The molecule has 0 saturated carbocycles. The summed E-state index contributed by atoms with van der Waals surface area (Å²) in [5.41, 5.74) is 1.99. The summed E-state index contributed by atoms with van der Waals surface area (Å²) in [5.74, 6) is 1.47. The Kier molecular flexibility index (Phi) is 8.22. The average molecular weight is 504 g/mol. The van der Waals surface area contributed by atoms with Gasteiger partial charge in [-0.2, -0.15) is 0 Å². The molecule has 36 heavy (non-hydrogen) atoms. The van der Waals surface area contributed by atoms with Crippen LogP contribution >= 0.6 is 11.8 Å². The van der Waals surface area contributed by atoms with Crippen LogP contribution in [0, 0.1) is 0 Å². The van der Waals surface area contributed by atoms with Crippen molar-refractivity contribution in [2.45, 2.75) is 31.5 Å². The third-order valence-electron chi connectivity index (χ3n) is 5.68. The van der Waals surface area contributed by atoms with Crippen molar-refractivity contribution in [2.75, 3.05) is 17.7 Å². The minimum Gasteiger partial charge on any atom is -0.484 e. The van der Waals surface area contributed by atoms with Crippen LogP contribution in [0.2, 0.25) is 0 Å². The van der Waals surface area contributed by atoms with E-state index in [1.165, 1.54) is 17.3 Å². The Morgan fingerprint density at radius 2 is 1.72 bits per heavy atom. The lowest BCUT2D eigenvalue weighted by atomic mass is 10.0. The van der Waals surface area contributed by atoms with Gasteiger partial charge in [-0.15, -0.1) is 10.2 Å². The summed E-state index contributed by atoms with van der Waals surface area (Å²) >= 11 is 1.29. The zero-order chi connectivity index (χ0) is 25.5. The summed E-state index contributed by atoms with van der Waals surface area (Å²) in [6.07, 6.45) is 0. The van der Waals surface area contributed by atoms with Crippen LogP contribution in [0.5, 0.6) is 5.75 Å². The number of amides is 2. The monoisotopic (exact) mass is 503 g/mol. The third kappa shape index (κ3) is 6.42. The summed E-state index contributed by atoms with van der Waals surface area (Å²) in [6, 6.07) is 21.5. The highest BCUT2D eigenvalue weighted by atomic mass is 32.2. The van der Waals surface area contributed by atoms with Gasteiger partial charge < -0.3 is 19.9 Å². The first-order valence-corrected chi connectivity index (χ1v) is 12.7. The quantitative estimate of drug-likeness (QED) is 0.309. The second kappa shape index (κ2) is 11.7. The van der Waals surface area contributed by atoms with E-state index in [1.807, 2.05) is 66.7 Å². The summed E-state index contributed by atoms with van der Waals surface area (Å²) in [6.45, 7) is 4.37. The molecule has 0 fully saturated rings. The molecule has 0 bridgehead atoms. The number of carbonyl (C=O) groups excluding carboxylic acids is 2. The van der Waals surface area contributed by atoms with E-state index in [2.05, 4.69) is 34.7 Å². The molecule has 186 valence electrons. The van der Waals surface area contributed by atoms with E-state index < -0.39 is 0 Å². The van der Waals surface area contributed by atoms with E-state index in [0.29, 0.717) is 22.6 Å². The maximum absolute atomic E-state index is 12.5. The molecule has 0 unspecified atom stereocenters. The van der Waals surface area contributed by atoms with Gasteiger partial charge in [-0.3, -0.25) is 9.59 Å². The zero-order valence-electron chi connectivity index (χ0n) is 20.5. The van der Waals surface area contributed by atoms with Crippen molar-refractivity contribution in [3.8, 4) is 5.75 Å². The van der Waals surface area contributed by atoms with Gasteiger partial charge in [-0.05, 0) is 35.1 Å². The van der Waals surface area contributed by atoms with Crippen molar-refractivity contribution >= 4 is 40.0 Å². The normalized spacial score (nSPS) is 11.0. The van der Waals surface area contributed by atoms with Gasteiger partial charge in [-0.25, -0.2) is 0 Å². The number of aromatic nitrogens is 3. The number of ether oxygens (including phenoxy) is 1. The molecule has 9 heteroatoms. The van der Waals surface area contributed by atoms with Gasteiger partial charge >= 0.3 is 0 Å². The van der Waals surface area contributed by atoms with Gasteiger partial charge in [0.05, 0.1) is 12.3 Å². The van der Waals surface area contributed by atoms with Crippen LogP contribution in [-0.2, 0) is 23.2 Å². The Balaban J connectivity index is 1.24. The Labute approximate surface area is 214 Å². The molecular weight excluding hydrogens is 474 g/mol.